The van der Waals surface area contributed by atoms with Gasteiger partial charge in [-0.25, -0.2) is 8.78 Å². The SMILES string of the molecule is NC(=O)C1CCC(Nc2c(F)cc([N+](=O)[O-])cc2F)CC1. The molecular formula is C13H15F2N3O3. The van der Waals surface area contributed by atoms with Gasteiger partial charge in [-0.05, 0) is 25.7 Å². The van der Waals surface area contributed by atoms with Crippen molar-refractivity contribution in [3.8, 4) is 0 Å². The minimum atomic E-state index is -1.00. The highest BCUT2D eigenvalue weighted by molar-refractivity contribution is 5.76. The molecule has 114 valence electrons. The van der Waals surface area contributed by atoms with Crippen LogP contribution < -0.4 is 11.1 Å². The summed E-state index contributed by atoms with van der Waals surface area (Å²) in [6.45, 7) is 0. The van der Waals surface area contributed by atoms with Crippen LogP contribution in [0.4, 0.5) is 20.2 Å². The summed E-state index contributed by atoms with van der Waals surface area (Å²) < 4.78 is 27.5. The Morgan fingerprint density at radius 2 is 1.76 bits per heavy atom. The maximum absolute atomic E-state index is 13.8. The number of nitrogens with one attached hydrogen (secondary N) is 1. The average Bonchev–Trinajstić information content (AvgIpc) is 2.43. The second-order valence-corrected chi connectivity index (χ2v) is 5.14. The van der Waals surface area contributed by atoms with E-state index >= 15 is 0 Å². The molecule has 1 fully saturated rings. The molecule has 2 rings (SSSR count). The number of nitrogens with two attached hydrogens (primary N) is 1. The number of non-ortho nitro benzene ring substituents is 1. The number of benzene rings is 1. The van der Waals surface area contributed by atoms with E-state index in [1.807, 2.05) is 0 Å². The highest BCUT2D eigenvalue weighted by Crippen LogP contribution is 2.30. The summed E-state index contributed by atoms with van der Waals surface area (Å²) in [6, 6.07) is 1.17. The first-order chi connectivity index (χ1) is 9.88. The quantitative estimate of drug-likeness (QED) is 0.658. The van der Waals surface area contributed by atoms with Gasteiger partial charge in [0.1, 0.15) is 5.69 Å². The van der Waals surface area contributed by atoms with Gasteiger partial charge in [0.05, 0.1) is 17.1 Å². The minimum Gasteiger partial charge on any atom is -0.378 e. The Bertz CT molecular complexity index is 549. The average molecular weight is 299 g/mol. The Morgan fingerprint density at radius 1 is 1.24 bits per heavy atom. The van der Waals surface area contributed by atoms with E-state index in [0.29, 0.717) is 37.8 Å². The van der Waals surface area contributed by atoms with Crippen LogP contribution in [-0.4, -0.2) is 16.9 Å². The van der Waals surface area contributed by atoms with Crippen LogP contribution in [0.25, 0.3) is 0 Å². The monoisotopic (exact) mass is 299 g/mol. The van der Waals surface area contributed by atoms with Gasteiger partial charge in [-0.15, -0.1) is 0 Å². The third-order valence-electron chi connectivity index (χ3n) is 3.72. The maximum atomic E-state index is 13.8. The zero-order valence-electron chi connectivity index (χ0n) is 11.1. The van der Waals surface area contributed by atoms with Crippen LogP contribution in [0.2, 0.25) is 0 Å². The van der Waals surface area contributed by atoms with Crippen LogP contribution in [-0.2, 0) is 4.79 Å². The van der Waals surface area contributed by atoms with E-state index in [4.69, 9.17) is 5.73 Å². The van der Waals surface area contributed by atoms with Gasteiger partial charge in [0.15, 0.2) is 11.6 Å². The lowest BCUT2D eigenvalue weighted by atomic mass is 9.85. The maximum Gasteiger partial charge on any atom is 0.275 e. The Hall–Kier alpha value is -2.25. The number of anilines is 1. The van der Waals surface area contributed by atoms with Crippen LogP contribution in [0.5, 0.6) is 0 Å². The number of nitro benzene ring substituents is 1. The van der Waals surface area contributed by atoms with Crippen molar-refractivity contribution >= 4 is 17.3 Å². The number of nitro groups is 1. The Kier molecular flexibility index (Phi) is 4.35. The Morgan fingerprint density at radius 3 is 2.19 bits per heavy atom. The highest BCUT2D eigenvalue weighted by atomic mass is 19.1. The van der Waals surface area contributed by atoms with Crippen LogP contribution in [0.1, 0.15) is 25.7 Å². The van der Waals surface area contributed by atoms with Crippen LogP contribution in [0.15, 0.2) is 12.1 Å². The summed E-state index contributed by atoms with van der Waals surface area (Å²) in [6.07, 6.45) is 2.24. The largest absolute Gasteiger partial charge is 0.378 e. The molecule has 6 nitrogen and oxygen atoms in total. The predicted octanol–water partition coefficient (Wildman–Crippen LogP) is 2.33. The number of nitrogens with zero attached hydrogens (tertiary/aromatic N) is 1. The number of hydrogen-bond donors (Lipinski definition) is 2. The lowest BCUT2D eigenvalue weighted by molar-refractivity contribution is -0.385. The molecule has 0 saturated heterocycles. The van der Waals surface area contributed by atoms with Crippen molar-refractivity contribution in [3.05, 3.63) is 33.9 Å². The second-order valence-electron chi connectivity index (χ2n) is 5.14. The van der Waals surface area contributed by atoms with Crippen molar-refractivity contribution < 1.29 is 18.5 Å². The molecule has 21 heavy (non-hydrogen) atoms. The van der Waals surface area contributed by atoms with Gasteiger partial charge in [0.25, 0.3) is 5.69 Å². The summed E-state index contributed by atoms with van der Waals surface area (Å²) in [5.41, 5.74) is 4.21. The molecule has 1 amide bonds. The normalized spacial score (nSPS) is 21.8. The smallest absolute Gasteiger partial charge is 0.275 e. The molecular weight excluding hydrogens is 284 g/mol. The van der Waals surface area contributed by atoms with Crippen molar-refractivity contribution in [2.75, 3.05) is 5.32 Å². The summed E-state index contributed by atoms with van der Waals surface area (Å²) in [5.74, 6) is -2.56. The second kappa shape index (κ2) is 6.02. The first kappa shape index (κ1) is 15.1. The minimum absolute atomic E-state index is 0.189. The highest BCUT2D eigenvalue weighted by Gasteiger charge is 2.26. The zero-order valence-corrected chi connectivity index (χ0v) is 11.1. The van der Waals surface area contributed by atoms with E-state index in [2.05, 4.69) is 5.32 Å². The molecule has 0 spiro atoms. The van der Waals surface area contributed by atoms with Gasteiger partial charge in [-0.3, -0.25) is 14.9 Å². The van der Waals surface area contributed by atoms with E-state index in [9.17, 15) is 23.7 Å². The molecule has 0 heterocycles. The fraction of sp³-hybridized carbons (Fsp3) is 0.462. The molecule has 1 aliphatic carbocycles. The van der Waals surface area contributed by atoms with Gasteiger partial charge in [-0.2, -0.15) is 0 Å². The Balaban J connectivity index is 2.07. The van der Waals surface area contributed by atoms with Gasteiger partial charge >= 0.3 is 0 Å². The first-order valence-electron chi connectivity index (χ1n) is 6.57. The number of primary amides is 1. The standard InChI is InChI=1S/C13H15F2N3O3/c14-10-5-9(18(20)21)6-11(15)12(10)17-8-3-1-7(2-4-8)13(16)19/h5-8,17H,1-4H2,(H2,16,19). The van der Waals surface area contributed by atoms with Crippen molar-refractivity contribution in [2.24, 2.45) is 11.7 Å². The molecule has 0 bridgehead atoms. The molecule has 1 aromatic rings. The van der Waals surface area contributed by atoms with Gasteiger partial charge < -0.3 is 11.1 Å². The molecule has 0 unspecified atom stereocenters. The fourth-order valence-corrected chi connectivity index (χ4v) is 2.53. The van der Waals surface area contributed by atoms with E-state index in [0.717, 1.165) is 0 Å². The third kappa shape index (κ3) is 3.45. The molecule has 1 saturated carbocycles. The zero-order chi connectivity index (χ0) is 15.6. The number of hydrogen-bond acceptors (Lipinski definition) is 4. The summed E-state index contributed by atoms with van der Waals surface area (Å²) in [5, 5.41) is 13.2. The van der Waals surface area contributed by atoms with Crippen molar-refractivity contribution in [1.29, 1.82) is 0 Å². The lowest BCUT2D eigenvalue weighted by Crippen LogP contribution is -2.32. The third-order valence-corrected chi connectivity index (χ3v) is 3.72. The topological polar surface area (TPSA) is 98.3 Å². The van der Waals surface area contributed by atoms with Gasteiger partial charge in [-0.1, -0.05) is 0 Å². The molecule has 1 aliphatic rings. The molecule has 8 heteroatoms. The number of halogens is 2. The van der Waals surface area contributed by atoms with Crippen molar-refractivity contribution in [3.63, 3.8) is 0 Å². The molecule has 0 aliphatic heterocycles. The van der Waals surface area contributed by atoms with E-state index in [1.54, 1.807) is 0 Å². The number of carbonyl (C=O) groups is 1. The Labute approximate surface area is 119 Å². The molecule has 1 aromatic carbocycles. The van der Waals surface area contributed by atoms with Gasteiger partial charge in [0, 0.05) is 12.0 Å². The van der Waals surface area contributed by atoms with Crippen LogP contribution >= 0.6 is 0 Å². The number of carbonyl (C=O) groups excluding carboxylic acids is 1. The summed E-state index contributed by atoms with van der Waals surface area (Å²) in [7, 11) is 0. The summed E-state index contributed by atoms with van der Waals surface area (Å²) >= 11 is 0. The summed E-state index contributed by atoms with van der Waals surface area (Å²) in [4.78, 5) is 20.7. The predicted molar refractivity (Wildman–Crippen MR) is 71.6 cm³/mol. The molecule has 3 N–H and O–H groups in total. The van der Waals surface area contributed by atoms with Gasteiger partial charge in [0.2, 0.25) is 5.91 Å². The molecule has 0 radical (unpaired) electrons. The number of rotatable bonds is 4. The van der Waals surface area contributed by atoms with E-state index in [-0.39, 0.29) is 23.6 Å². The number of amides is 1. The molecule has 0 atom stereocenters. The first-order valence-corrected chi connectivity index (χ1v) is 6.57. The molecule has 0 aromatic heterocycles. The van der Waals surface area contributed by atoms with E-state index in [1.165, 1.54) is 0 Å². The van der Waals surface area contributed by atoms with Crippen molar-refractivity contribution in [2.45, 2.75) is 31.7 Å². The lowest BCUT2D eigenvalue weighted by Gasteiger charge is -2.28. The van der Waals surface area contributed by atoms with E-state index < -0.39 is 22.2 Å². The van der Waals surface area contributed by atoms with Crippen molar-refractivity contribution in [1.82, 2.24) is 0 Å². The van der Waals surface area contributed by atoms with Crippen LogP contribution in [0.3, 0.4) is 0 Å². The van der Waals surface area contributed by atoms with Crippen LogP contribution in [0, 0.1) is 27.7 Å². The fourth-order valence-electron chi connectivity index (χ4n) is 2.53.